The third-order valence-electron chi connectivity index (χ3n) is 2.51. The number of nitrogens with zero attached hydrogens (tertiary/aromatic N) is 2. The molecule has 0 spiro atoms. The molecule has 1 fully saturated rings. The van der Waals surface area contributed by atoms with Crippen LogP contribution in [0.1, 0.15) is 0 Å². The van der Waals surface area contributed by atoms with Gasteiger partial charge in [0.1, 0.15) is 0 Å². The van der Waals surface area contributed by atoms with Gasteiger partial charge < -0.3 is 19.7 Å². The quantitative estimate of drug-likeness (QED) is 0.684. The largest absolute Gasteiger partial charge is 0.489 e. The molecule has 0 radical (unpaired) electrons. The second-order valence-electron chi connectivity index (χ2n) is 3.54. The van der Waals surface area contributed by atoms with Crippen molar-refractivity contribution in [2.24, 2.45) is 5.92 Å². The molecular weight excluding hydrogens is 198 g/mol. The predicted octanol–water partition coefficient (Wildman–Crippen LogP) is -0.793. The number of ether oxygens (including phenoxy) is 1. The van der Waals surface area contributed by atoms with E-state index >= 15 is 0 Å². The Balaban J connectivity index is 2.22. The minimum absolute atomic E-state index is 0.169. The van der Waals surface area contributed by atoms with E-state index in [0.717, 1.165) is 0 Å². The number of rotatable bonds is 3. The van der Waals surface area contributed by atoms with Crippen LogP contribution in [0, 0.1) is 5.92 Å². The summed E-state index contributed by atoms with van der Waals surface area (Å²) in [6.07, 6.45) is 1.35. The van der Waals surface area contributed by atoms with E-state index in [0.29, 0.717) is 18.9 Å². The van der Waals surface area contributed by atoms with Crippen LogP contribution in [0.5, 0.6) is 5.75 Å². The fourth-order valence-corrected chi connectivity index (χ4v) is 1.65. The zero-order chi connectivity index (χ0) is 10.8. The van der Waals surface area contributed by atoms with Crippen molar-refractivity contribution in [1.29, 1.82) is 0 Å². The Bertz CT molecular complexity index is 398. The molecule has 0 atom stereocenters. The lowest BCUT2D eigenvalue weighted by Gasteiger charge is -2.39. The van der Waals surface area contributed by atoms with E-state index in [-0.39, 0.29) is 23.8 Å². The number of methoxy groups -OCH3 is 1. The number of aromatic nitrogens is 2. The van der Waals surface area contributed by atoms with Crippen molar-refractivity contribution in [2.75, 3.05) is 31.7 Å². The van der Waals surface area contributed by atoms with E-state index in [9.17, 15) is 4.79 Å². The zero-order valence-electron chi connectivity index (χ0n) is 8.43. The lowest BCUT2D eigenvalue weighted by atomic mass is 10.0. The maximum atomic E-state index is 11.4. The van der Waals surface area contributed by atoms with Gasteiger partial charge in [-0.3, -0.25) is 4.79 Å². The van der Waals surface area contributed by atoms with Crippen molar-refractivity contribution in [3.63, 3.8) is 0 Å². The Kier molecular flexibility index (Phi) is 2.59. The summed E-state index contributed by atoms with van der Waals surface area (Å²) in [5, 5.41) is 8.89. The number of aliphatic hydroxyl groups excluding tert-OH is 1. The summed E-state index contributed by atoms with van der Waals surface area (Å²) >= 11 is 0. The summed E-state index contributed by atoms with van der Waals surface area (Å²) in [5.74, 6) is 1.05. The van der Waals surface area contributed by atoms with Crippen LogP contribution in [-0.2, 0) is 0 Å². The highest BCUT2D eigenvalue weighted by molar-refractivity contribution is 5.52. The lowest BCUT2D eigenvalue weighted by molar-refractivity contribution is 0.199. The molecule has 2 N–H and O–H groups in total. The van der Waals surface area contributed by atoms with E-state index in [4.69, 9.17) is 9.84 Å². The van der Waals surface area contributed by atoms with Crippen LogP contribution in [-0.4, -0.2) is 41.9 Å². The lowest BCUT2D eigenvalue weighted by Crippen LogP contribution is -2.49. The van der Waals surface area contributed by atoms with Gasteiger partial charge in [0.15, 0.2) is 5.82 Å². The highest BCUT2D eigenvalue weighted by Gasteiger charge is 2.29. The van der Waals surface area contributed by atoms with Gasteiger partial charge in [-0.25, -0.2) is 4.98 Å². The molecule has 1 aromatic heterocycles. The first-order valence-corrected chi connectivity index (χ1v) is 4.73. The smallest absolute Gasteiger partial charge is 0.295 e. The molecule has 2 heterocycles. The van der Waals surface area contributed by atoms with Gasteiger partial charge in [0.2, 0.25) is 5.75 Å². The molecule has 0 saturated carbocycles. The summed E-state index contributed by atoms with van der Waals surface area (Å²) in [7, 11) is 1.44. The molecule has 1 aromatic rings. The number of H-pyrrole nitrogens is 1. The van der Waals surface area contributed by atoms with Gasteiger partial charge in [-0.05, 0) is 0 Å². The molecule has 0 aliphatic carbocycles. The van der Waals surface area contributed by atoms with Crippen molar-refractivity contribution < 1.29 is 9.84 Å². The first-order valence-electron chi connectivity index (χ1n) is 4.73. The van der Waals surface area contributed by atoms with Crippen molar-refractivity contribution >= 4 is 5.82 Å². The van der Waals surface area contributed by atoms with Gasteiger partial charge in [-0.15, -0.1) is 0 Å². The summed E-state index contributed by atoms with van der Waals surface area (Å²) in [4.78, 5) is 19.8. The van der Waals surface area contributed by atoms with Crippen LogP contribution < -0.4 is 15.2 Å². The van der Waals surface area contributed by atoms with Crippen LogP contribution in [0.15, 0.2) is 11.1 Å². The average molecular weight is 211 g/mol. The Labute approximate surface area is 86.5 Å². The minimum Gasteiger partial charge on any atom is -0.489 e. The third kappa shape index (κ3) is 1.68. The zero-order valence-corrected chi connectivity index (χ0v) is 8.43. The number of aliphatic hydroxyl groups is 1. The van der Waals surface area contributed by atoms with Crippen molar-refractivity contribution in [3.05, 3.63) is 16.7 Å². The fraction of sp³-hybridized carbons (Fsp3) is 0.556. The van der Waals surface area contributed by atoms with Gasteiger partial charge in [0.25, 0.3) is 5.56 Å². The summed E-state index contributed by atoms with van der Waals surface area (Å²) in [5.41, 5.74) is -0.282. The van der Waals surface area contributed by atoms with Crippen molar-refractivity contribution in [1.82, 2.24) is 9.97 Å². The summed E-state index contributed by atoms with van der Waals surface area (Å²) in [6, 6.07) is 0. The standard InChI is InChI=1S/C9H13N3O3/c1-15-7-8(10-5-11-9(7)14)12-2-6(3-12)4-13/h5-6,13H,2-4H2,1H3,(H,10,11,14). The van der Waals surface area contributed by atoms with E-state index in [1.165, 1.54) is 13.4 Å². The maximum Gasteiger partial charge on any atom is 0.295 e. The molecule has 0 aromatic carbocycles. The number of anilines is 1. The molecule has 2 rings (SSSR count). The SMILES string of the molecule is COc1c(N2CC(CO)C2)nc[nH]c1=O. The molecule has 0 unspecified atom stereocenters. The van der Waals surface area contributed by atoms with Crippen LogP contribution in [0.3, 0.4) is 0 Å². The Morgan fingerprint density at radius 1 is 1.73 bits per heavy atom. The normalized spacial score (nSPS) is 16.3. The van der Waals surface area contributed by atoms with Gasteiger partial charge in [0, 0.05) is 25.6 Å². The third-order valence-corrected chi connectivity index (χ3v) is 2.51. The topological polar surface area (TPSA) is 78.5 Å². The van der Waals surface area contributed by atoms with Gasteiger partial charge in [-0.1, -0.05) is 0 Å². The summed E-state index contributed by atoms with van der Waals surface area (Å²) < 4.78 is 4.99. The highest BCUT2D eigenvalue weighted by Crippen LogP contribution is 2.27. The van der Waals surface area contributed by atoms with Crippen LogP contribution in [0.4, 0.5) is 5.82 Å². The van der Waals surface area contributed by atoms with Gasteiger partial charge in [0.05, 0.1) is 13.4 Å². The monoisotopic (exact) mass is 211 g/mol. The molecule has 15 heavy (non-hydrogen) atoms. The molecule has 1 aliphatic rings. The molecule has 6 heteroatoms. The first-order chi connectivity index (χ1) is 7.26. The Morgan fingerprint density at radius 2 is 2.47 bits per heavy atom. The Hall–Kier alpha value is -1.56. The maximum absolute atomic E-state index is 11.4. The Morgan fingerprint density at radius 3 is 3.07 bits per heavy atom. The van der Waals surface area contributed by atoms with E-state index in [1.807, 2.05) is 4.90 Å². The molecule has 0 amide bonds. The molecular formula is C9H13N3O3. The second kappa shape index (κ2) is 3.90. The first kappa shape index (κ1) is 9.97. The van der Waals surface area contributed by atoms with Crippen LogP contribution >= 0.6 is 0 Å². The van der Waals surface area contributed by atoms with Crippen molar-refractivity contribution in [2.45, 2.75) is 0 Å². The van der Waals surface area contributed by atoms with Crippen molar-refractivity contribution in [3.8, 4) is 5.75 Å². The van der Waals surface area contributed by atoms with Crippen LogP contribution in [0.25, 0.3) is 0 Å². The molecule has 0 bridgehead atoms. The summed E-state index contributed by atoms with van der Waals surface area (Å²) in [6.45, 7) is 1.59. The number of hydrogen-bond acceptors (Lipinski definition) is 5. The minimum atomic E-state index is -0.282. The number of aromatic amines is 1. The van der Waals surface area contributed by atoms with Gasteiger partial charge >= 0.3 is 0 Å². The average Bonchev–Trinajstić information content (AvgIpc) is 2.16. The van der Waals surface area contributed by atoms with Gasteiger partial charge in [-0.2, -0.15) is 0 Å². The van der Waals surface area contributed by atoms with E-state index < -0.39 is 0 Å². The van der Waals surface area contributed by atoms with E-state index in [1.54, 1.807) is 0 Å². The molecule has 1 saturated heterocycles. The van der Waals surface area contributed by atoms with Crippen LogP contribution in [0.2, 0.25) is 0 Å². The molecule has 6 nitrogen and oxygen atoms in total. The highest BCUT2D eigenvalue weighted by atomic mass is 16.5. The second-order valence-corrected chi connectivity index (χ2v) is 3.54. The predicted molar refractivity (Wildman–Crippen MR) is 54.2 cm³/mol. The van der Waals surface area contributed by atoms with E-state index in [2.05, 4.69) is 9.97 Å². The number of hydrogen-bond donors (Lipinski definition) is 2. The number of nitrogens with one attached hydrogen (secondary N) is 1. The fourth-order valence-electron chi connectivity index (χ4n) is 1.65. The molecule has 1 aliphatic heterocycles. The molecule has 82 valence electrons.